The fourth-order valence-electron chi connectivity index (χ4n) is 3.00. The van der Waals surface area contributed by atoms with Crippen molar-refractivity contribution in [3.05, 3.63) is 98.9 Å². The summed E-state index contributed by atoms with van der Waals surface area (Å²) >= 11 is 12.4. The lowest BCUT2D eigenvalue weighted by Gasteiger charge is -2.13. The van der Waals surface area contributed by atoms with Crippen LogP contribution in [0.4, 0.5) is 4.39 Å². The van der Waals surface area contributed by atoms with Gasteiger partial charge in [0, 0.05) is 21.2 Å². The van der Waals surface area contributed by atoms with Crippen LogP contribution in [0.5, 0.6) is 11.5 Å². The van der Waals surface area contributed by atoms with Crippen molar-refractivity contribution in [2.75, 3.05) is 7.11 Å². The molecule has 8 heteroatoms. The molecule has 5 nitrogen and oxygen atoms in total. The third-order valence-corrected chi connectivity index (χ3v) is 5.34. The molecule has 0 aromatic heterocycles. The minimum Gasteiger partial charge on any atom is -0.493 e. The number of aliphatic imine (C=N–C) groups is 1. The van der Waals surface area contributed by atoms with Crippen LogP contribution in [-0.2, 0) is 16.1 Å². The Labute approximate surface area is 193 Å². The highest BCUT2D eigenvalue weighted by atomic mass is 35.5. The van der Waals surface area contributed by atoms with Crippen molar-refractivity contribution < 1.29 is 23.4 Å². The predicted octanol–water partition coefficient (Wildman–Crippen LogP) is 6.06. The molecule has 0 saturated heterocycles. The smallest absolute Gasteiger partial charge is 0.363 e. The molecule has 3 aromatic carbocycles. The van der Waals surface area contributed by atoms with Crippen molar-refractivity contribution in [1.82, 2.24) is 0 Å². The van der Waals surface area contributed by atoms with E-state index in [2.05, 4.69) is 4.99 Å². The summed E-state index contributed by atoms with van der Waals surface area (Å²) in [6.07, 6.45) is 1.57. The number of nitrogens with zero attached hydrogens (tertiary/aromatic N) is 1. The van der Waals surface area contributed by atoms with E-state index in [1.54, 1.807) is 42.5 Å². The van der Waals surface area contributed by atoms with Crippen molar-refractivity contribution in [2.45, 2.75) is 6.61 Å². The minimum absolute atomic E-state index is 0.114. The number of methoxy groups -OCH3 is 1. The first-order chi connectivity index (χ1) is 15.4. The van der Waals surface area contributed by atoms with Crippen LogP contribution in [0.1, 0.15) is 16.7 Å². The largest absolute Gasteiger partial charge is 0.493 e. The van der Waals surface area contributed by atoms with Crippen LogP contribution in [0.3, 0.4) is 0 Å². The van der Waals surface area contributed by atoms with E-state index in [-0.39, 0.29) is 24.0 Å². The van der Waals surface area contributed by atoms with Gasteiger partial charge in [0.2, 0.25) is 5.90 Å². The molecule has 32 heavy (non-hydrogen) atoms. The predicted molar refractivity (Wildman–Crippen MR) is 121 cm³/mol. The van der Waals surface area contributed by atoms with E-state index in [9.17, 15) is 9.18 Å². The van der Waals surface area contributed by atoms with Crippen LogP contribution in [0.15, 0.2) is 71.4 Å². The van der Waals surface area contributed by atoms with Crippen LogP contribution < -0.4 is 9.47 Å². The van der Waals surface area contributed by atoms with Gasteiger partial charge in [0.25, 0.3) is 0 Å². The molecule has 0 unspecified atom stereocenters. The number of hydrogen-bond donors (Lipinski definition) is 0. The van der Waals surface area contributed by atoms with Crippen molar-refractivity contribution in [3.8, 4) is 11.5 Å². The van der Waals surface area contributed by atoms with E-state index in [0.717, 1.165) is 0 Å². The average Bonchev–Trinajstić information content (AvgIpc) is 3.14. The lowest BCUT2D eigenvalue weighted by molar-refractivity contribution is -0.129. The number of halogens is 3. The molecule has 0 aliphatic carbocycles. The van der Waals surface area contributed by atoms with Gasteiger partial charge >= 0.3 is 5.97 Å². The van der Waals surface area contributed by atoms with Crippen LogP contribution in [0, 0.1) is 5.82 Å². The number of rotatable bonds is 6. The van der Waals surface area contributed by atoms with Crippen LogP contribution in [0.25, 0.3) is 6.08 Å². The number of ether oxygens (including phenoxy) is 3. The zero-order valence-electron chi connectivity index (χ0n) is 16.8. The summed E-state index contributed by atoms with van der Waals surface area (Å²) in [5, 5.41) is 1.01. The number of hydrogen-bond acceptors (Lipinski definition) is 5. The second kappa shape index (κ2) is 9.42. The molecule has 1 aliphatic rings. The maximum atomic E-state index is 13.1. The van der Waals surface area contributed by atoms with Gasteiger partial charge < -0.3 is 14.2 Å². The summed E-state index contributed by atoms with van der Waals surface area (Å²) in [6.45, 7) is 0.160. The summed E-state index contributed by atoms with van der Waals surface area (Å²) in [5.41, 5.74) is 1.94. The standard InChI is InChI=1S/C24H16Cl2FNO4/c1-30-22-12-14(5-10-21(22)31-13-17-18(25)3-2-4-19(17)26)11-20-24(29)32-23(28-20)15-6-8-16(27)9-7-15/h2-12H,13H2,1H3. The average molecular weight is 472 g/mol. The van der Waals surface area contributed by atoms with Gasteiger partial charge in [-0.3, -0.25) is 0 Å². The Morgan fingerprint density at radius 2 is 1.75 bits per heavy atom. The van der Waals surface area contributed by atoms with Crippen molar-refractivity contribution in [1.29, 1.82) is 0 Å². The van der Waals surface area contributed by atoms with E-state index < -0.39 is 5.97 Å². The summed E-state index contributed by atoms with van der Waals surface area (Å²) < 4.78 is 29.6. The highest BCUT2D eigenvalue weighted by Crippen LogP contribution is 2.32. The van der Waals surface area contributed by atoms with Crippen molar-refractivity contribution in [3.63, 3.8) is 0 Å². The fraction of sp³-hybridized carbons (Fsp3) is 0.0833. The van der Waals surface area contributed by atoms with Crippen LogP contribution >= 0.6 is 23.2 Å². The van der Waals surface area contributed by atoms with Crippen LogP contribution in [0.2, 0.25) is 10.0 Å². The summed E-state index contributed by atoms with van der Waals surface area (Å²) in [6, 6.07) is 15.9. The first kappa shape index (κ1) is 21.9. The van der Waals surface area contributed by atoms with Crippen molar-refractivity contribution >= 4 is 41.1 Å². The number of carbonyl (C=O) groups excluding carboxylic acids is 1. The molecule has 162 valence electrons. The number of cyclic esters (lactones) is 1. The first-order valence-corrected chi connectivity index (χ1v) is 10.2. The monoisotopic (exact) mass is 471 g/mol. The van der Waals surface area contributed by atoms with Crippen LogP contribution in [-0.4, -0.2) is 19.0 Å². The van der Waals surface area contributed by atoms with Gasteiger partial charge in [-0.25, -0.2) is 14.2 Å². The molecule has 0 fully saturated rings. The lowest BCUT2D eigenvalue weighted by Crippen LogP contribution is -2.05. The van der Waals surface area contributed by atoms with Gasteiger partial charge in [-0.2, -0.15) is 0 Å². The summed E-state index contributed by atoms with van der Waals surface area (Å²) in [4.78, 5) is 16.4. The maximum absolute atomic E-state index is 13.1. The number of benzene rings is 3. The molecule has 0 radical (unpaired) electrons. The van der Waals surface area contributed by atoms with Gasteiger partial charge in [-0.1, -0.05) is 35.3 Å². The molecule has 0 bridgehead atoms. The van der Waals surface area contributed by atoms with E-state index in [4.69, 9.17) is 37.4 Å². The molecule has 0 spiro atoms. The molecule has 3 aromatic rings. The van der Waals surface area contributed by atoms with Gasteiger partial charge in [-0.15, -0.1) is 0 Å². The second-order valence-electron chi connectivity index (χ2n) is 6.74. The topological polar surface area (TPSA) is 57.1 Å². The van der Waals surface area contributed by atoms with Gasteiger partial charge in [0.15, 0.2) is 17.2 Å². The third-order valence-electron chi connectivity index (χ3n) is 4.64. The third kappa shape index (κ3) is 4.77. The summed E-state index contributed by atoms with van der Waals surface area (Å²) in [5.74, 6) is 0.0641. The number of esters is 1. The molecular formula is C24H16Cl2FNO4. The van der Waals surface area contributed by atoms with E-state index in [1.165, 1.54) is 31.4 Å². The number of carbonyl (C=O) groups is 1. The highest BCUT2D eigenvalue weighted by Gasteiger charge is 2.24. The Balaban J connectivity index is 1.55. The molecule has 1 aliphatic heterocycles. The highest BCUT2D eigenvalue weighted by molar-refractivity contribution is 6.35. The quantitative estimate of drug-likeness (QED) is 0.323. The van der Waals surface area contributed by atoms with E-state index in [1.807, 2.05) is 0 Å². The lowest BCUT2D eigenvalue weighted by atomic mass is 10.1. The molecule has 4 rings (SSSR count). The van der Waals surface area contributed by atoms with Gasteiger partial charge in [-0.05, 0) is 60.2 Å². The van der Waals surface area contributed by atoms with Gasteiger partial charge in [0.05, 0.1) is 7.11 Å². The minimum atomic E-state index is -0.600. The van der Waals surface area contributed by atoms with Gasteiger partial charge in [0.1, 0.15) is 12.4 Å². The maximum Gasteiger partial charge on any atom is 0.363 e. The Bertz CT molecular complexity index is 1220. The Hall–Kier alpha value is -3.35. The SMILES string of the molecule is COc1cc(C=C2N=C(c3ccc(F)cc3)OC2=O)ccc1OCc1c(Cl)cccc1Cl. The zero-order chi connectivity index (χ0) is 22.7. The molecule has 0 amide bonds. The zero-order valence-corrected chi connectivity index (χ0v) is 18.3. The normalized spacial score (nSPS) is 14.3. The molecular weight excluding hydrogens is 456 g/mol. The molecule has 0 N–H and O–H groups in total. The van der Waals surface area contributed by atoms with Crippen molar-refractivity contribution in [2.24, 2.45) is 4.99 Å². The second-order valence-corrected chi connectivity index (χ2v) is 7.56. The Morgan fingerprint density at radius 1 is 1.03 bits per heavy atom. The molecule has 0 atom stereocenters. The Morgan fingerprint density at radius 3 is 2.44 bits per heavy atom. The fourth-order valence-corrected chi connectivity index (χ4v) is 3.50. The molecule has 1 heterocycles. The van der Waals surface area contributed by atoms with E-state index in [0.29, 0.717) is 38.2 Å². The Kier molecular flexibility index (Phi) is 6.44. The first-order valence-electron chi connectivity index (χ1n) is 9.47. The van der Waals surface area contributed by atoms with E-state index >= 15 is 0 Å². The summed E-state index contributed by atoms with van der Waals surface area (Å²) in [7, 11) is 1.51. The molecule has 0 saturated carbocycles.